The molecule has 0 saturated carbocycles. The molecule has 0 atom stereocenters. The number of hydrogen-bond acceptors (Lipinski definition) is 6. The molecule has 0 bridgehead atoms. The highest BCUT2D eigenvalue weighted by molar-refractivity contribution is 5.95. The highest BCUT2D eigenvalue weighted by Crippen LogP contribution is 2.26. The predicted molar refractivity (Wildman–Crippen MR) is 90.9 cm³/mol. The topological polar surface area (TPSA) is 145 Å². The van der Waals surface area contributed by atoms with E-state index in [9.17, 15) is 19.7 Å². The summed E-state index contributed by atoms with van der Waals surface area (Å²) in [6, 6.07) is 4.03. The molecule has 1 aromatic carbocycles. The number of piperidine rings is 1. The van der Waals surface area contributed by atoms with Gasteiger partial charge in [0.15, 0.2) is 0 Å². The fraction of sp³-hybridized carbons (Fsp3) is 0.312. The van der Waals surface area contributed by atoms with E-state index in [0.717, 1.165) is 0 Å². The fourth-order valence-electron chi connectivity index (χ4n) is 3.00. The van der Waals surface area contributed by atoms with E-state index in [1.807, 2.05) is 0 Å². The van der Waals surface area contributed by atoms with Crippen molar-refractivity contribution in [2.24, 2.45) is 0 Å². The summed E-state index contributed by atoms with van der Waals surface area (Å²) in [5.74, 6) is -1.33. The zero-order valence-electron chi connectivity index (χ0n) is 13.7. The molecule has 3 rings (SSSR count). The minimum atomic E-state index is -1.03. The Morgan fingerprint density at radius 2 is 1.96 bits per heavy atom. The maximum absolute atomic E-state index is 12.6. The second-order valence-corrected chi connectivity index (χ2v) is 6.07. The van der Waals surface area contributed by atoms with Gasteiger partial charge in [0.25, 0.3) is 11.6 Å². The summed E-state index contributed by atoms with van der Waals surface area (Å²) in [7, 11) is 0. The Bertz CT molecular complexity index is 870. The number of nitrogens with two attached hydrogens (primary N) is 1. The lowest BCUT2D eigenvalue weighted by molar-refractivity contribution is -0.383. The number of likely N-dealkylation sites (tertiary alicyclic amines) is 1. The number of benzene rings is 1. The fourth-order valence-corrected chi connectivity index (χ4v) is 3.00. The summed E-state index contributed by atoms with van der Waals surface area (Å²) < 4.78 is 1.61. The minimum Gasteiger partial charge on any atom is -0.478 e. The third kappa shape index (κ3) is 3.34. The van der Waals surface area contributed by atoms with E-state index in [2.05, 4.69) is 5.10 Å². The molecule has 26 heavy (non-hydrogen) atoms. The Balaban J connectivity index is 1.67. The van der Waals surface area contributed by atoms with Gasteiger partial charge in [-0.1, -0.05) is 0 Å². The third-order valence-corrected chi connectivity index (χ3v) is 4.45. The number of nitrogens with zero attached hydrogens (tertiary/aromatic N) is 4. The van der Waals surface area contributed by atoms with Crippen LogP contribution in [0, 0.1) is 10.1 Å². The van der Waals surface area contributed by atoms with Crippen LogP contribution in [-0.2, 0) is 0 Å². The van der Waals surface area contributed by atoms with Gasteiger partial charge in [0, 0.05) is 30.9 Å². The molecule has 136 valence electrons. The zero-order chi connectivity index (χ0) is 18.8. The molecule has 1 fully saturated rings. The number of aromatic carboxylic acids is 1. The summed E-state index contributed by atoms with van der Waals surface area (Å²) in [6.07, 6.45) is 4.01. The number of carbonyl (C=O) groups excluding carboxylic acids is 1. The quantitative estimate of drug-likeness (QED) is 0.478. The van der Waals surface area contributed by atoms with Crippen molar-refractivity contribution in [1.82, 2.24) is 14.7 Å². The average Bonchev–Trinajstić information content (AvgIpc) is 3.12. The number of anilines is 1. The van der Waals surface area contributed by atoms with Crippen molar-refractivity contribution in [1.29, 1.82) is 0 Å². The molecular weight excluding hydrogens is 342 g/mol. The summed E-state index contributed by atoms with van der Waals surface area (Å²) >= 11 is 0. The standard InChI is InChI=1S/C16H17N5O5/c17-13-2-1-10(7-14(13)21(25)26)15(22)19-5-3-12(4-6-19)20-9-11(8-18-20)16(23)24/h1-2,7-9,12H,3-6,17H2,(H,23,24). The van der Waals surface area contributed by atoms with Crippen molar-refractivity contribution in [3.05, 3.63) is 51.8 Å². The molecule has 1 aliphatic heterocycles. The molecule has 10 heteroatoms. The van der Waals surface area contributed by atoms with Crippen molar-refractivity contribution in [2.75, 3.05) is 18.8 Å². The van der Waals surface area contributed by atoms with E-state index in [4.69, 9.17) is 10.8 Å². The van der Waals surface area contributed by atoms with E-state index in [-0.39, 0.29) is 34.5 Å². The molecule has 1 aromatic heterocycles. The first kappa shape index (κ1) is 17.4. The van der Waals surface area contributed by atoms with E-state index >= 15 is 0 Å². The van der Waals surface area contributed by atoms with Crippen LogP contribution in [-0.4, -0.2) is 49.7 Å². The van der Waals surface area contributed by atoms with Crippen molar-refractivity contribution in [3.8, 4) is 0 Å². The van der Waals surface area contributed by atoms with Crippen molar-refractivity contribution < 1.29 is 19.6 Å². The molecule has 0 radical (unpaired) electrons. The Kier molecular flexibility index (Phi) is 4.57. The number of carboxylic acid groups (broad SMARTS) is 1. The third-order valence-electron chi connectivity index (χ3n) is 4.45. The van der Waals surface area contributed by atoms with Crippen molar-refractivity contribution >= 4 is 23.3 Å². The van der Waals surface area contributed by atoms with Gasteiger partial charge < -0.3 is 15.7 Å². The first-order chi connectivity index (χ1) is 12.4. The van der Waals surface area contributed by atoms with Crippen LogP contribution in [0.2, 0.25) is 0 Å². The number of nitrogen functional groups attached to an aromatic ring is 1. The molecule has 1 amide bonds. The lowest BCUT2D eigenvalue weighted by Crippen LogP contribution is -2.39. The molecule has 10 nitrogen and oxygen atoms in total. The van der Waals surface area contributed by atoms with Gasteiger partial charge in [-0.25, -0.2) is 4.79 Å². The highest BCUT2D eigenvalue weighted by Gasteiger charge is 2.26. The average molecular weight is 359 g/mol. The van der Waals surface area contributed by atoms with Crippen LogP contribution in [0.5, 0.6) is 0 Å². The number of hydrogen-bond donors (Lipinski definition) is 2. The normalized spacial score (nSPS) is 15.0. The van der Waals surface area contributed by atoms with Gasteiger partial charge in [0.1, 0.15) is 5.69 Å². The SMILES string of the molecule is Nc1ccc(C(=O)N2CCC(n3cc(C(=O)O)cn3)CC2)cc1[N+](=O)[O-]. The molecule has 0 aliphatic carbocycles. The number of aromatic nitrogens is 2. The molecular formula is C16H17N5O5. The van der Waals surface area contributed by atoms with Gasteiger partial charge in [-0.05, 0) is 25.0 Å². The van der Waals surface area contributed by atoms with Crippen LogP contribution in [0.25, 0.3) is 0 Å². The molecule has 0 unspecified atom stereocenters. The number of carbonyl (C=O) groups is 2. The number of carboxylic acids is 1. The number of nitro benzene ring substituents is 1. The Labute approximate surface area is 148 Å². The highest BCUT2D eigenvalue weighted by atomic mass is 16.6. The minimum absolute atomic E-state index is 0.00732. The van der Waals surface area contributed by atoms with Crippen LogP contribution in [0.4, 0.5) is 11.4 Å². The maximum Gasteiger partial charge on any atom is 0.338 e. The lowest BCUT2D eigenvalue weighted by atomic mass is 10.0. The van der Waals surface area contributed by atoms with Gasteiger partial charge in [-0.3, -0.25) is 19.6 Å². The summed E-state index contributed by atoms with van der Waals surface area (Å²) in [6.45, 7) is 0.897. The largest absolute Gasteiger partial charge is 0.478 e. The van der Waals surface area contributed by atoms with E-state index in [1.165, 1.54) is 30.6 Å². The van der Waals surface area contributed by atoms with E-state index in [1.54, 1.807) is 9.58 Å². The van der Waals surface area contributed by atoms with Crippen LogP contribution < -0.4 is 5.73 Å². The molecule has 2 aromatic rings. The number of rotatable bonds is 4. The molecule has 3 N–H and O–H groups in total. The van der Waals surface area contributed by atoms with Crippen LogP contribution in [0.3, 0.4) is 0 Å². The van der Waals surface area contributed by atoms with E-state index in [0.29, 0.717) is 25.9 Å². The van der Waals surface area contributed by atoms with Crippen LogP contribution in [0.1, 0.15) is 39.6 Å². The van der Waals surface area contributed by atoms with Crippen molar-refractivity contribution in [2.45, 2.75) is 18.9 Å². The Morgan fingerprint density at radius 3 is 2.54 bits per heavy atom. The van der Waals surface area contributed by atoms with E-state index < -0.39 is 10.9 Å². The molecule has 2 heterocycles. The second-order valence-electron chi connectivity index (χ2n) is 6.07. The second kappa shape index (κ2) is 6.82. The van der Waals surface area contributed by atoms with Gasteiger partial charge in [0.05, 0.1) is 22.7 Å². The van der Waals surface area contributed by atoms with Gasteiger partial charge >= 0.3 is 5.97 Å². The maximum atomic E-state index is 12.6. The summed E-state index contributed by atoms with van der Waals surface area (Å²) in [5.41, 5.74) is 5.62. The summed E-state index contributed by atoms with van der Waals surface area (Å²) in [5, 5.41) is 24.0. The molecule has 0 spiro atoms. The monoisotopic (exact) mass is 359 g/mol. The van der Waals surface area contributed by atoms with Crippen molar-refractivity contribution in [3.63, 3.8) is 0 Å². The number of amides is 1. The van der Waals surface area contributed by atoms with Gasteiger partial charge in [-0.15, -0.1) is 0 Å². The lowest BCUT2D eigenvalue weighted by Gasteiger charge is -2.32. The number of nitro groups is 1. The Morgan fingerprint density at radius 1 is 1.27 bits per heavy atom. The van der Waals surface area contributed by atoms with Crippen LogP contribution in [0.15, 0.2) is 30.6 Å². The van der Waals surface area contributed by atoms with Gasteiger partial charge in [0.2, 0.25) is 0 Å². The molecule has 1 aliphatic rings. The first-order valence-electron chi connectivity index (χ1n) is 7.97. The first-order valence-corrected chi connectivity index (χ1v) is 7.97. The smallest absolute Gasteiger partial charge is 0.338 e. The van der Waals surface area contributed by atoms with Crippen LogP contribution >= 0.6 is 0 Å². The summed E-state index contributed by atoms with van der Waals surface area (Å²) in [4.78, 5) is 35.5. The predicted octanol–water partition coefficient (Wildman–Crippen LogP) is 1.55. The zero-order valence-corrected chi connectivity index (χ0v) is 13.7. The molecule has 1 saturated heterocycles. The Hall–Kier alpha value is -3.43. The van der Waals surface area contributed by atoms with Gasteiger partial charge in [-0.2, -0.15) is 5.10 Å².